The molecule has 1 aliphatic carbocycles. The Kier molecular flexibility index (Phi) is 4.73. The summed E-state index contributed by atoms with van der Waals surface area (Å²) < 4.78 is 0. The molecule has 0 aromatic heterocycles. The molecule has 114 valence electrons. The number of halogens is 1. The zero-order valence-electron chi connectivity index (χ0n) is 12.0. The van der Waals surface area contributed by atoms with E-state index in [2.05, 4.69) is 5.32 Å². The summed E-state index contributed by atoms with van der Waals surface area (Å²) >= 11 is 6.02. The van der Waals surface area contributed by atoms with Crippen molar-refractivity contribution in [1.29, 1.82) is 0 Å². The van der Waals surface area contributed by atoms with Gasteiger partial charge in [-0.25, -0.2) is 9.59 Å². The van der Waals surface area contributed by atoms with Gasteiger partial charge in [-0.1, -0.05) is 29.8 Å². The Morgan fingerprint density at radius 1 is 1.38 bits per heavy atom. The van der Waals surface area contributed by atoms with Crippen LogP contribution in [0.2, 0.25) is 5.02 Å². The van der Waals surface area contributed by atoms with Crippen LogP contribution < -0.4 is 5.32 Å². The fourth-order valence-corrected chi connectivity index (χ4v) is 2.53. The standard InChI is InChI=1S/C15H19ClN2O3/c1-9(10-7-8-10)18(2)15(21)17-13(14(19)20)11-5-3-4-6-12(11)16/h3-6,9-10,13H,7-8H2,1-2H3,(H,17,21)(H,19,20)/t9?,13-/m1/s1. The molecule has 5 nitrogen and oxygen atoms in total. The summed E-state index contributed by atoms with van der Waals surface area (Å²) in [5, 5.41) is 12.2. The van der Waals surface area contributed by atoms with Crippen molar-refractivity contribution in [2.45, 2.75) is 31.8 Å². The first kappa shape index (κ1) is 15.6. The Morgan fingerprint density at radius 2 is 2.00 bits per heavy atom. The molecule has 1 aromatic carbocycles. The van der Waals surface area contributed by atoms with E-state index in [0.717, 1.165) is 12.8 Å². The zero-order valence-corrected chi connectivity index (χ0v) is 12.8. The minimum Gasteiger partial charge on any atom is -0.479 e. The third-order valence-electron chi connectivity index (χ3n) is 3.97. The fourth-order valence-electron chi connectivity index (χ4n) is 2.29. The van der Waals surface area contributed by atoms with E-state index in [1.807, 2.05) is 6.92 Å². The lowest BCUT2D eigenvalue weighted by atomic mass is 10.1. The highest BCUT2D eigenvalue weighted by molar-refractivity contribution is 6.31. The highest BCUT2D eigenvalue weighted by Gasteiger charge is 2.34. The highest BCUT2D eigenvalue weighted by atomic mass is 35.5. The largest absolute Gasteiger partial charge is 0.479 e. The SMILES string of the molecule is CC(C1CC1)N(C)C(=O)N[C@@H](C(=O)O)c1ccccc1Cl. The Bertz CT molecular complexity index is 545. The molecule has 1 aromatic rings. The fraction of sp³-hybridized carbons (Fsp3) is 0.467. The number of amides is 2. The van der Waals surface area contributed by atoms with Gasteiger partial charge in [0.25, 0.3) is 0 Å². The number of carbonyl (C=O) groups excluding carboxylic acids is 1. The monoisotopic (exact) mass is 310 g/mol. The van der Waals surface area contributed by atoms with Crippen molar-refractivity contribution in [3.05, 3.63) is 34.9 Å². The normalized spacial score (nSPS) is 16.9. The number of nitrogens with zero attached hydrogens (tertiary/aromatic N) is 1. The molecule has 1 unspecified atom stereocenters. The van der Waals surface area contributed by atoms with Crippen LogP contribution in [0.4, 0.5) is 4.79 Å². The molecule has 0 saturated heterocycles. The first-order chi connectivity index (χ1) is 9.91. The summed E-state index contributed by atoms with van der Waals surface area (Å²) in [6.45, 7) is 1.97. The smallest absolute Gasteiger partial charge is 0.331 e. The van der Waals surface area contributed by atoms with Crippen LogP contribution in [0.25, 0.3) is 0 Å². The van der Waals surface area contributed by atoms with Crippen molar-refractivity contribution in [2.75, 3.05) is 7.05 Å². The van der Waals surface area contributed by atoms with Gasteiger partial charge >= 0.3 is 12.0 Å². The summed E-state index contributed by atoms with van der Waals surface area (Å²) in [7, 11) is 1.68. The summed E-state index contributed by atoms with van der Waals surface area (Å²) in [4.78, 5) is 25.2. The number of carboxylic acid groups (broad SMARTS) is 1. The van der Waals surface area contributed by atoms with Crippen LogP contribution in [-0.2, 0) is 4.79 Å². The van der Waals surface area contributed by atoms with Crippen molar-refractivity contribution in [2.24, 2.45) is 5.92 Å². The van der Waals surface area contributed by atoms with E-state index < -0.39 is 18.0 Å². The summed E-state index contributed by atoms with van der Waals surface area (Å²) in [5.74, 6) is -0.617. The second-order valence-electron chi connectivity index (χ2n) is 5.43. The second-order valence-corrected chi connectivity index (χ2v) is 5.84. The van der Waals surface area contributed by atoms with Gasteiger partial charge in [-0.2, -0.15) is 0 Å². The minimum absolute atomic E-state index is 0.102. The number of hydrogen-bond donors (Lipinski definition) is 2. The van der Waals surface area contributed by atoms with Crippen molar-refractivity contribution in [1.82, 2.24) is 10.2 Å². The summed E-state index contributed by atoms with van der Waals surface area (Å²) in [5.41, 5.74) is 0.382. The number of carboxylic acids is 1. The van der Waals surface area contributed by atoms with Crippen molar-refractivity contribution >= 4 is 23.6 Å². The molecule has 2 atom stereocenters. The van der Waals surface area contributed by atoms with Crippen LogP contribution in [0.15, 0.2) is 24.3 Å². The average molecular weight is 311 g/mol. The molecule has 0 bridgehead atoms. The molecule has 0 radical (unpaired) electrons. The second kappa shape index (κ2) is 6.35. The third-order valence-corrected chi connectivity index (χ3v) is 4.31. The number of urea groups is 1. The van der Waals surface area contributed by atoms with E-state index in [1.165, 1.54) is 0 Å². The number of rotatable bonds is 5. The number of hydrogen-bond acceptors (Lipinski definition) is 2. The maximum Gasteiger partial charge on any atom is 0.331 e. The topological polar surface area (TPSA) is 69.6 Å². The molecule has 2 rings (SSSR count). The van der Waals surface area contributed by atoms with Gasteiger partial charge in [0.15, 0.2) is 6.04 Å². The Labute approximate surface area is 128 Å². The van der Waals surface area contributed by atoms with Gasteiger partial charge in [-0.3, -0.25) is 0 Å². The highest BCUT2D eigenvalue weighted by Crippen LogP contribution is 2.34. The Hall–Kier alpha value is -1.75. The van der Waals surface area contributed by atoms with E-state index in [4.69, 9.17) is 11.6 Å². The van der Waals surface area contributed by atoms with Crippen LogP contribution in [0.1, 0.15) is 31.4 Å². The van der Waals surface area contributed by atoms with Crippen LogP contribution in [0.5, 0.6) is 0 Å². The van der Waals surface area contributed by atoms with Gasteiger partial charge in [0.2, 0.25) is 0 Å². The van der Waals surface area contributed by atoms with Gasteiger partial charge in [-0.05, 0) is 31.7 Å². The molecular formula is C15H19ClN2O3. The van der Waals surface area contributed by atoms with E-state index in [-0.39, 0.29) is 6.04 Å². The van der Waals surface area contributed by atoms with Crippen molar-refractivity contribution in [3.8, 4) is 0 Å². The van der Waals surface area contributed by atoms with Gasteiger partial charge in [0, 0.05) is 23.7 Å². The lowest BCUT2D eigenvalue weighted by molar-refractivity contribution is -0.139. The summed E-state index contributed by atoms with van der Waals surface area (Å²) in [6.07, 6.45) is 2.23. The predicted octanol–water partition coefficient (Wildman–Crippen LogP) is 2.91. The molecule has 1 saturated carbocycles. The zero-order chi connectivity index (χ0) is 15.6. The van der Waals surface area contributed by atoms with Gasteiger partial charge in [-0.15, -0.1) is 0 Å². The summed E-state index contributed by atoms with van der Waals surface area (Å²) in [6, 6.07) is 5.17. The molecule has 1 aliphatic rings. The third kappa shape index (κ3) is 3.67. The maximum absolute atomic E-state index is 12.2. The first-order valence-corrected chi connectivity index (χ1v) is 7.30. The number of nitrogens with one attached hydrogen (secondary N) is 1. The van der Waals surface area contributed by atoms with E-state index in [9.17, 15) is 14.7 Å². The molecule has 6 heteroatoms. The lowest BCUT2D eigenvalue weighted by Crippen LogP contribution is -2.46. The molecule has 1 fully saturated rings. The lowest BCUT2D eigenvalue weighted by Gasteiger charge is -2.27. The van der Waals surface area contributed by atoms with Crippen LogP contribution in [0, 0.1) is 5.92 Å². The van der Waals surface area contributed by atoms with Gasteiger partial charge in [0.1, 0.15) is 0 Å². The Morgan fingerprint density at radius 3 is 2.52 bits per heavy atom. The van der Waals surface area contributed by atoms with Crippen LogP contribution in [0.3, 0.4) is 0 Å². The molecule has 0 spiro atoms. The Balaban J connectivity index is 2.11. The minimum atomic E-state index is -1.15. The average Bonchev–Trinajstić information content (AvgIpc) is 3.28. The quantitative estimate of drug-likeness (QED) is 0.878. The number of benzene rings is 1. The predicted molar refractivity (Wildman–Crippen MR) is 80.3 cm³/mol. The van der Waals surface area contributed by atoms with Crippen LogP contribution in [-0.4, -0.2) is 35.1 Å². The van der Waals surface area contributed by atoms with Crippen LogP contribution >= 0.6 is 11.6 Å². The molecule has 0 heterocycles. The number of carbonyl (C=O) groups is 2. The van der Waals surface area contributed by atoms with E-state index >= 15 is 0 Å². The maximum atomic E-state index is 12.2. The van der Waals surface area contributed by atoms with E-state index in [1.54, 1.807) is 36.2 Å². The molecule has 2 amide bonds. The number of aliphatic carboxylic acids is 1. The molecule has 21 heavy (non-hydrogen) atoms. The van der Waals surface area contributed by atoms with Gasteiger partial charge in [0.05, 0.1) is 0 Å². The van der Waals surface area contributed by atoms with E-state index in [0.29, 0.717) is 16.5 Å². The molecular weight excluding hydrogens is 292 g/mol. The van der Waals surface area contributed by atoms with Crippen molar-refractivity contribution < 1.29 is 14.7 Å². The van der Waals surface area contributed by atoms with Crippen molar-refractivity contribution in [3.63, 3.8) is 0 Å². The molecule has 0 aliphatic heterocycles. The first-order valence-electron chi connectivity index (χ1n) is 6.92. The van der Waals surface area contributed by atoms with Gasteiger partial charge < -0.3 is 15.3 Å². The molecule has 2 N–H and O–H groups in total.